The smallest absolute Gasteiger partial charge is 0.223 e. The van der Waals surface area contributed by atoms with Crippen LogP contribution < -0.4 is 20.1 Å². The van der Waals surface area contributed by atoms with Crippen molar-refractivity contribution >= 4 is 45.9 Å². The topological polar surface area (TPSA) is 81.2 Å². The third-order valence-corrected chi connectivity index (χ3v) is 4.71. The molecule has 2 heterocycles. The molecular formula is C21H27Cl2N5O2. The SMILES string of the molecule is CCC.CCNc1nc(-c2c(Cl)c(OC)cc(OC)c2Cl)cc2cnc(NC)nc12. The van der Waals surface area contributed by atoms with E-state index >= 15 is 0 Å². The molecule has 0 saturated heterocycles. The molecule has 0 atom stereocenters. The number of nitrogens with zero attached hydrogens (tertiary/aromatic N) is 3. The molecule has 0 aliphatic carbocycles. The van der Waals surface area contributed by atoms with Crippen LogP contribution in [0.25, 0.3) is 22.2 Å². The lowest BCUT2D eigenvalue weighted by molar-refractivity contribution is 0.395. The summed E-state index contributed by atoms with van der Waals surface area (Å²) < 4.78 is 10.7. The predicted octanol–water partition coefficient (Wildman–Crippen LogP) is 5.91. The Hall–Kier alpha value is -2.51. The van der Waals surface area contributed by atoms with Crippen molar-refractivity contribution < 1.29 is 9.47 Å². The van der Waals surface area contributed by atoms with E-state index in [0.29, 0.717) is 56.6 Å². The molecule has 0 bridgehead atoms. The molecule has 1 aromatic carbocycles. The largest absolute Gasteiger partial charge is 0.495 e. The Bertz CT molecular complexity index is 986. The van der Waals surface area contributed by atoms with Gasteiger partial charge in [0.05, 0.1) is 30.0 Å². The second-order valence-corrected chi connectivity index (χ2v) is 7.01. The number of hydrogen-bond donors (Lipinski definition) is 2. The van der Waals surface area contributed by atoms with Crippen molar-refractivity contribution in [3.05, 3.63) is 28.4 Å². The molecule has 0 saturated carbocycles. The predicted molar refractivity (Wildman–Crippen MR) is 126 cm³/mol. The van der Waals surface area contributed by atoms with Crippen molar-refractivity contribution in [2.24, 2.45) is 0 Å². The number of methoxy groups -OCH3 is 2. The van der Waals surface area contributed by atoms with E-state index < -0.39 is 0 Å². The van der Waals surface area contributed by atoms with Gasteiger partial charge in [-0.1, -0.05) is 43.5 Å². The van der Waals surface area contributed by atoms with E-state index in [2.05, 4.69) is 34.4 Å². The minimum absolute atomic E-state index is 0.352. The Labute approximate surface area is 187 Å². The standard InChI is InChI=1S/C18H19Cl2N5O2.C3H8/c1-5-22-17-16-9(8-23-18(21-2)25-16)6-10(24-17)13-14(19)11(26-3)7-12(27-4)15(13)20;1-3-2/h6-8H,5H2,1-4H3,(H,22,24)(H,21,23,25);3H2,1-2H3. The molecule has 3 rings (SSSR count). The zero-order valence-corrected chi connectivity index (χ0v) is 19.6. The fourth-order valence-electron chi connectivity index (χ4n) is 2.69. The highest BCUT2D eigenvalue weighted by Gasteiger charge is 2.21. The maximum absolute atomic E-state index is 6.54. The zero-order valence-electron chi connectivity index (χ0n) is 18.1. The second kappa shape index (κ2) is 11.0. The lowest BCUT2D eigenvalue weighted by Crippen LogP contribution is -2.05. The summed E-state index contributed by atoms with van der Waals surface area (Å²) in [7, 11) is 4.82. The maximum Gasteiger partial charge on any atom is 0.223 e. The number of halogens is 2. The zero-order chi connectivity index (χ0) is 22.3. The van der Waals surface area contributed by atoms with E-state index in [4.69, 9.17) is 37.7 Å². The average Bonchev–Trinajstić information content (AvgIpc) is 2.74. The third-order valence-electron chi connectivity index (χ3n) is 3.96. The van der Waals surface area contributed by atoms with Gasteiger partial charge in [-0.3, -0.25) is 0 Å². The summed E-state index contributed by atoms with van der Waals surface area (Å²) in [6, 6.07) is 3.48. The van der Waals surface area contributed by atoms with Crippen LogP contribution in [0.1, 0.15) is 27.2 Å². The first-order valence-electron chi connectivity index (χ1n) is 9.65. The van der Waals surface area contributed by atoms with E-state index in [1.54, 1.807) is 19.3 Å². The van der Waals surface area contributed by atoms with Crippen LogP contribution in [0, 0.1) is 0 Å². The van der Waals surface area contributed by atoms with Crippen molar-refractivity contribution in [3.8, 4) is 22.8 Å². The molecular weight excluding hydrogens is 425 g/mol. The Kier molecular flexibility index (Phi) is 8.74. The quantitative estimate of drug-likeness (QED) is 0.482. The highest BCUT2D eigenvalue weighted by atomic mass is 35.5. The van der Waals surface area contributed by atoms with E-state index in [-0.39, 0.29) is 0 Å². The Morgan fingerprint density at radius 1 is 0.967 bits per heavy atom. The molecule has 0 amide bonds. The normalized spacial score (nSPS) is 10.3. The minimum atomic E-state index is 0.352. The molecule has 9 heteroatoms. The molecule has 0 spiro atoms. The minimum Gasteiger partial charge on any atom is -0.495 e. The lowest BCUT2D eigenvalue weighted by atomic mass is 10.1. The van der Waals surface area contributed by atoms with Crippen LogP contribution in [0.15, 0.2) is 18.3 Å². The fraction of sp³-hybridized carbons (Fsp3) is 0.381. The first-order chi connectivity index (χ1) is 14.4. The Morgan fingerprint density at radius 3 is 2.07 bits per heavy atom. The first-order valence-corrected chi connectivity index (χ1v) is 10.4. The Balaban J connectivity index is 0.00000101. The molecule has 0 fully saturated rings. The molecule has 2 N–H and O–H groups in total. The van der Waals surface area contributed by atoms with E-state index in [0.717, 1.165) is 5.39 Å². The van der Waals surface area contributed by atoms with Crippen molar-refractivity contribution in [1.82, 2.24) is 15.0 Å². The van der Waals surface area contributed by atoms with Gasteiger partial charge in [-0.05, 0) is 13.0 Å². The van der Waals surface area contributed by atoms with Crippen LogP contribution in [-0.2, 0) is 0 Å². The van der Waals surface area contributed by atoms with E-state index in [9.17, 15) is 0 Å². The monoisotopic (exact) mass is 451 g/mol. The molecule has 162 valence electrons. The molecule has 0 aliphatic rings. The van der Waals surface area contributed by atoms with Gasteiger partial charge in [-0.2, -0.15) is 0 Å². The molecule has 0 unspecified atom stereocenters. The van der Waals surface area contributed by atoms with Crippen molar-refractivity contribution in [3.63, 3.8) is 0 Å². The number of fused-ring (bicyclic) bond motifs is 1. The van der Waals surface area contributed by atoms with E-state index in [1.807, 2.05) is 13.0 Å². The van der Waals surface area contributed by atoms with Crippen molar-refractivity contribution in [1.29, 1.82) is 0 Å². The molecule has 7 nitrogen and oxygen atoms in total. The van der Waals surface area contributed by atoms with Gasteiger partial charge in [-0.25, -0.2) is 15.0 Å². The number of nitrogens with one attached hydrogen (secondary N) is 2. The Morgan fingerprint density at radius 2 is 1.57 bits per heavy atom. The molecule has 0 radical (unpaired) electrons. The summed E-state index contributed by atoms with van der Waals surface area (Å²) in [5, 5.41) is 7.66. The highest BCUT2D eigenvalue weighted by molar-refractivity contribution is 6.41. The molecule has 3 aromatic rings. The number of rotatable bonds is 6. The van der Waals surface area contributed by atoms with E-state index in [1.165, 1.54) is 20.6 Å². The van der Waals surface area contributed by atoms with Gasteiger partial charge in [0.1, 0.15) is 17.0 Å². The van der Waals surface area contributed by atoms with Crippen LogP contribution in [0.4, 0.5) is 11.8 Å². The van der Waals surface area contributed by atoms with Gasteiger partial charge < -0.3 is 20.1 Å². The van der Waals surface area contributed by atoms with Crippen LogP contribution in [0.2, 0.25) is 10.0 Å². The van der Waals surface area contributed by atoms with Gasteiger partial charge in [-0.15, -0.1) is 0 Å². The summed E-state index contributed by atoms with van der Waals surface area (Å²) in [5.41, 5.74) is 1.78. The molecule has 2 aromatic heterocycles. The summed E-state index contributed by atoms with van der Waals surface area (Å²) >= 11 is 13.1. The first kappa shape index (κ1) is 23.8. The van der Waals surface area contributed by atoms with Gasteiger partial charge in [0.2, 0.25) is 5.95 Å². The molecule has 0 aliphatic heterocycles. The number of ether oxygens (including phenoxy) is 2. The van der Waals surface area contributed by atoms with Crippen molar-refractivity contribution in [2.45, 2.75) is 27.2 Å². The number of benzene rings is 1. The molecule has 30 heavy (non-hydrogen) atoms. The number of anilines is 2. The highest BCUT2D eigenvalue weighted by Crippen LogP contribution is 2.46. The average molecular weight is 452 g/mol. The lowest BCUT2D eigenvalue weighted by Gasteiger charge is -2.16. The number of pyridine rings is 1. The van der Waals surface area contributed by atoms with Gasteiger partial charge in [0.25, 0.3) is 0 Å². The van der Waals surface area contributed by atoms with Gasteiger partial charge in [0, 0.05) is 36.8 Å². The maximum atomic E-state index is 6.54. The number of aromatic nitrogens is 3. The number of hydrogen-bond acceptors (Lipinski definition) is 7. The van der Waals surface area contributed by atoms with Crippen LogP contribution in [0.5, 0.6) is 11.5 Å². The van der Waals surface area contributed by atoms with Crippen LogP contribution >= 0.6 is 23.2 Å². The van der Waals surface area contributed by atoms with Crippen LogP contribution in [-0.4, -0.2) is 42.8 Å². The third kappa shape index (κ3) is 4.96. The second-order valence-electron chi connectivity index (χ2n) is 6.26. The van der Waals surface area contributed by atoms with Crippen LogP contribution in [0.3, 0.4) is 0 Å². The summed E-state index contributed by atoms with van der Waals surface area (Å²) in [6.07, 6.45) is 2.97. The van der Waals surface area contributed by atoms with Crippen molar-refractivity contribution in [2.75, 3.05) is 38.4 Å². The summed E-state index contributed by atoms with van der Waals surface area (Å²) in [6.45, 7) is 6.90. The van der Waals surface area contributed by atoms with Gasteiger partial charge >= 0.3 is 0 Å². The summed E-state index contributed by atoms with van der Waals surface area (Å²) in [4.78, 5) is 13.5. The van der Waals surface area contributed by atoms with Gasteiger partial charge in [0.15, 0.2) is 5.82 Å². The fourth-order valence-corrected chi connectivity index (χ4v) is 3.38. The summed E-state index contributed by atoms with van der Waals surface area (Å²) in [5.74, 6) is 2.01.